The third-order valence-corrected chi connectivity index (χ3v) is 3.30. The van der Waals surface area contributed by atoms with Gasteiger partial charge in [0.15, 0.2) is 6.61 Å². The fraction of sp³-hybridized carbons (Fsp3) is 0.786. The van der Waals surface area contributed by atoms with E-state index < -0.39 is 72.8 Å². The van der Waals surface area contributed by atoms with Gasteiger partial charge in [0.2, 0.25) is 0 Å². The zero-order valence-corrected chi connectivity index (χ0v) is 17.1. The molecule has 0 radical (unpaired) electrons. The number of hydrogen-bond acceptors (Lipinski definition) is 5. The second kappa shape index (κ2) is 10.1. The van der Waals surface area contributed by atoms with Crippen molar-refractivity contribution in [1.82, 2.24) is 0 Å². The third kappa shape index (κ3) is 7.24. The third-order valence-electron chi connectivity index (χ3n) is 3.30. The Labute approximate surface area is 195 Å². The standard InChI is InChI=1S/C14H7F19O5/c1-4(2)5(34)35-3-6(15,16)36-11(26,27)12(28,29)38-14(32,33)13(30,31)37-10(24,25)8(19,20)7(17,18)9(21,22)23/h1,3H2,2H3. The van der Waals surface area contributed by atoms with E-state index in [1.807, 2.05) is 0 Å². The number of carbonyl (C=O) groups excluding carboxylic acids is 1. The zero-order chi connectivity index (χ0) is 31.2. The molecule has 0 aromatic rings. The summed E-state index contributed by atoms with van der Waals surface area (Å²) in [5, 5.41) is 0. The summed E-state index contributed by atoms with van der Waals surface area (Å²) in [5.74, 6) is -18.0. The average Bonchev–Trinajstić information content (AvgIpc) is 2.61. The lowest BCUT2D eigenvalue weighted by atomic mass is 10.1. The molecule has 0 saturated carbocycles. The lowest BCUT2D eigenvalue weighted by Crippen LogP contribution is -2.65. The smallest absolute Gasteiger partial charge is 0.453 e. The molecule has 5 nitrogen and oxygen atoms in total. The highest BCUT2D eigenvalue weighted by molar-refractivity contribution is 5.86. The summed E-state index contributed by atoms with van der Waals surface area (Å²) in [5.41, 5.74) is -0.710. The van der Waals surface area contributed by atoms with Crippen molar-refractivity contribution in [3.63, 3.8) is 0 Å². The largest absolute Gasteiger partial charge is 0.460 e. The highest BCUT2D eigenvalue weighted by Crippen LogP contribution is 2.56. The maximum Gasteiger partial charge on any atom is 0.460 e. The van der Waals surface area contributed by atoms with Crippen LogP contribution in [0.25, 0.3) is 0 Å². The summed E-state index contributed by atoms with van der Waals surface area (Å²) in [6.07, 6.45) is -52.0. The number of carbonyl (C=O) groups is 1. The molecule has 0 bridgehead atoms. The van der Waals surface area contributed by atoms with Crippen LogP contribution in [0.3, 0.4) is 0 Å². The Morgan fingerprint density at radius 2 is 0.868 bits per heavy atom. The van der Waals surface area contributed by atoms with Crippen molar-refractivity contribution in [3.8, 4) is 0 Å². The highest BCUT2D eigenvalue weighted by atomic mass is 19.4. The Morgan fingerprint density at radius 3 is 1.18 bits per heavy atom. The van der Waals surface area contributed by atoms with Gasteiger partial charge in [-0.25, -0.2) is 19.0 Å². The van der Waals surface area contributed by atoms with Crippen molar-refractivity contribution in [2.75, 3.05) is 6.61 Å². The van der Waals surface area contributed by atoms with Crippen LogP contribution in [0.15, 0.2) is 12.2 Å². The van der Waals surface area contributed by atoms with Crippen LogP contribution in [0, 0.1) is 0 Å². The molecule has 0 spiro atoms. The van der Waals surface area contributed by atoms with Gasteiger partial charge in [-0.1, -0.05) is 6.58 Å². The first kappa shape index (κ1) is 35.8. The predicted octanol–water partition coefficient (Wildman–Crippen LogP) is 6.55. The molecule has 0 fully saturated rings. The molecule has 0 aliphatic rings. The fourth-order valence-corrected chi connectivity index (χ4v) is 1.47. The van der Waals surface area contributed by atoms with E-state index in [-0.39, 0.29) is 0 Å². The van der Waals surface area contributed by atoms with Crippen molar-refractivity contribution in [1.29, 1.82) is 0 Å². The number of ether oxygens (including phenoxy) is 4. The summed E-state index contributed by atoms with van der Waals surface area (Å²) < 4.78 is 253. The number of halogens is 19. The van der Waals surface area contributed by atoms with Crippen LogP contribution in [0.2, 0.25) is 0 Å². The van der Waals surface area contributed by atoms with E-state index in [1.165, 1.54) is 9.47 Å². The van der Waals surface area contributed by atoms with Crippen LogP contribution < -0.4 is 0 Å². The van der Waals surface area contributed by atoms with Crippen molar-refractivity contribution >= 4 is 5.97 Å². The molecule has 0 saturated heterocycles. The number of alkyl halides is 19. The van der Waals surface area contributed by atoms with Gasteiger partial charge in [0.1, 0.15) is 0 Å². The minimum absolute atomic E-state index is 0.710. The summed E-state index contributed by atoms with van der Waals surface area (Å²) in [7, 11) is 0. The molecule has 0 aliphatic heterocycles. The van der Waals surface area contributed by atoms with Crippen LogP contribution in [-0.2, 0) is 23.7 Å². The first-order valence-electron chi connectivity index (χ1n) is 8.22. The van der Waals surface area contributed by atoms with Gasteiger partial charge in [0, 0.05) is 5.57 Å². The van der Waals surface area contributed by atoms with E-state index in [2.05, 4.69) is 16.1 Å². The number of hydrogen-bond donors (Lipinski definition) is 0. The molecule has 38 heavy (non-hydrogen) atoms. The number of rotatable bonds is 13. The van der Waals surface area contributed by atoms with Crippen LogP contribution >= 0.6 is 0 Å². The molecular weight excluding hydrogens is 609 g/mol. The maximum atomic E-state index is 13.3. The molecule has 0 rings (SSSR count). The lowest BCUT2D eigenvalue weighted by Gasteiger charge is -2.37. The lowest BCUT2D eigenvalue weighted by molar-refractivity contribution is -0.569. The monoisotopic (exact) mass is 616 g/mol. The van der Waals surface area contributed by atoms with E-state index in [9.17, 15) is 88.2 Å². The van der Waals surface area contributed by atoms with Gasteiger partial charge in [0.25, 0.3) is 0 Å². The Balaban J connectivity index is 5.99. The maximum absolute atomic E-state index is 13.3. The average molecular weight is 616 g/mol. The van der Waals surface area contributed by atoms with Crippen molar-refractivity contribution in [2.45, 2.75) is 61.6 Å². The molecule has 226 valence electrons. The quantitative estimate of drug-likeness (QED) is 0.134. The second-order valence-electron chi connectivity index (χ2n) is 6.53. The summed E-state index contributed by atoms with van der Waals surface area (Å²) in [4.78, 5) is 10.9. The highest BCUT2D eigenvalue weighted by Gasteiger charge is 2.85. The van der Waals surface area contributed by atoms with Gasteiger partial charge in [-0.05, 0) is 6.92 Å². The summed E-state index contributed by atoms with van der Waals surface area (Å²) in [6, 6.07) is 0. The molecule has 0 heterocycles. The Bertz CT molecular complexity index is 878. The zero-order valence-electron chi connectivity index (χ0n) is 17.1. The molecule has 0 aromatic heterocycles. The Kier molecular flexibility index (Phi) is 9.47. The van der Waals surface area contributed by atoms with E-state index in [4.69, 9.17) is 0 Å². The molecule has 0 aliphatic carbocycles. The molecule has 0 atom stereocenters. The van der Waals surface area contributed by atoms with Crippen molar-refractivity contribution in [2.24, 2.45) is 0 Å². The van der Waals surface area contributed by atoms with E-state index in [0.717, 1.165) is 6.92 Å². The minimum Gasteiger partial charge on any atom is -0.453 e. The van der Waals surface area contributed by atoms with E-state index in [1.54, 1.807) is 0 Å². The van der Waals surface area contributed by atoms with Crippen LogP contribution in [0.1, 0.15) is 6.92 Å². The minimum atomic E-state index is -8.20. The molecule has 0 unspecified atom stereocenters. The molecule has 0 amide bonds. The van der Waals surface area contributed by atoms with Gasteiger partial charge in [-0.3, -0.25) is 0 Å². The van der Waals surface area contributed by atoms with Crippen LogP contribution in [0.4, 0.5) is 83.4 Å². The molecule has 24 heteroatoms. The summed E-state index contributed by atoms with van der Waals surface area (Å²) >= 11 is 0. The Morgan fingerprint density at radius 1 is 0.553 bits per heavy atom. The first-order valence-corrected chi connectivity index (χ1v) is 8.22. The van der Waals surface area contributed by atoms with E-state index >= 15 is 0 Å². The molecular formula is C14H7F19O5. The van der Waals surface area contributed by atoms with Gasteiger partial charge >= 0.3 is 60.6 Å². The second-order valence-corrected chi connectivity index (χ2v) is 6.53. The Hall–Kier alpha value is -2.24. The van der Waals surface area contributed by atoms with Gasteiger partial charge in [-0.15, -0.1) is 0 Å². The van der Waals surface area contributed by atoms with Crippen molar-refractivity contribution < 1.29 is 107 Å². The van der Waals surface area contributed by atoms with Crippen LogP contribution in [-0.4, -0.2) is 67.2 Å². The molecule has 0 aromatic carbocycles. The number of esters is 1. The molecule has 0 N–H and O–H groups in total. The van der Waals surface area contributed by atoms with Gasteiger partial charge in [-0.2, -0.15) is 83.4 Å². The van der Waals surface area contributed by atoms with Gasteiger partial charge < -0.3 is 4.74 Å². The van der Waals surface area contributed by atoms with Crippen molar-refractivity contribution in [3.05, 3.63) is 12.2 Å². The van der Waals surface area contributed by atoms with E-state index in [0.29, 0.717) is 0 Å². The SMILES string of the molecule is C=C(C)C(=O)OCC(F)(F)OC(F)(F)C(F)(F)OC(F)(F)C(F)(F)OC(F)(F)C(F)(F)C(F)(F)C(F)(F)F. The van der Waals surface area contributed by atoms with Crippen LogP contribution in [0.5, 0.6) is 0 Å². The summed E-state index contributed by atoms with van der Waals surface area (Å²) in [6.45, 7) is 0.843. The predicted molar refractivity (Wildman–Crippen MR) is 74.7 cm³/mol. The fourth-order valence-electron chi connectivity index (χ4n) is 1.47. The topological polar surface area (TPSA) is 54.0 Å². The van der Waals surface area contributed by atoms with Gasteiger partial charge in [0.05, 0.1) is 0 Å². The first-order chi connectivity index (χ1) is 16.2. The normalized spacial score (nSPS) is 15.5.